The van der Waals surface area contributed by atoms with Gasteiger partial charge in [-0.05, 0) is 56.3 Å². The first-order valence-electron chi connectivity index (χ1n) is 11.1. The molecule has 0 amide bonds. The molecule has 0 saturated heterocycles. The van der Waals surface area contributed by atoms with E-state index in [0.717, 1.165) is 23.4 Å². The monoisotopic (exact) mass is 439 g/mol. The van der Waals surface area contributed by atoms with Crippen LogP contribution in [0.3, 0.4) is 0 Å². The molecule has 28 heavy (non-hydrogen) atoms. The molecule has 0 fully saturated rings. The molecule has 1 aliphatic rings. The van der Waals surface area contributed by atoms with E-state index in [-0.39, 0.29) is 21.7 Å². The maximum Gasteiger partial charge on any atom is 0.0425 e. The summed E-state index contributed by atoms with van der Waals surface area (Å²) in [5.74, 6) is 0. The molecular formula is C25H46NPTi. The fraction of sp³-hybridized carbons (Fsp3) is 0.680. The predicted octanol–water partition coefficient (Wildman–Crippen LogP) is 9.34. The van der Waals surface area contributed by atoms with Crippen LogP contribution in [0.5, 0.6) is 0 Å². The van der Waals surface area contributed by atoms with E-state index < -0.39 is 7.05 Å². The Bertz CT molecular complexity index is 507. The molecule has 0 aromatic carbocycles. The van der Waals surface area contributed by atoms with Gasteiger partial charge in [-0.1, -0.05) is 97.8 Å². The van der Waals surface area contributed by atoms with E-state index >= 15 is 0 Å². The van der Waals surface area contributed by atoms with Crippen LogP contribution in [0.4, 0.5) is 0 Å². The molecule has 0 aromatic rings. The molecule has 0 heterocycles. The standard InChI is InChI=1S/C20H38NP.C5H8.Ti/c1-7-12-17(4)22(18(5)13-8-2,19(6)14-9-3)21-20-15-10-11-16-20;1-3-5-4-2;/h10-11,15,17-19H,7-9,12-14,16H2,1-6H3;3-5H,1H2,2H3;. The van der Waals surface area contributed by atoms with Gasteiger partial charge in [-0.3, -0.25) is 4.74 Å². The van der Waals surface area contributed by atoms with E-state index in [2.05, 4.69) is 66.3 Å². The molecule has 3 heteroatoms. The zero-order valence-corrected chi connectivity index (χ0v) is 22.2. The third kappa shape index (κ3) is 9.60. The van der Waals surface area contributed by atoms with Crippen molar-refractivity contribution in [1.29, 1.82) is 0 Å². The van der Waals surface area contributed by atoms with Crippen LogP contribution in [0.15, 0.2) is 53.5 Å². The molecule has 3 atom stereocenters. The molecule has 0 aromatic heterocycles. The van der Waals surface area contributed by atoms with Crippen LogP contribution >= 0.6 is 7.05 Å². The SMILES string of the molecule is C=CC=CC.CCCC(C)P(=NC1=CC=CC1)(C(C)CCC)C(C)CCC.[Ti]. The first-order valence-corrected chi connectivity index (χ1v) is 13.1. The smallest absolute Gasteiger partial charge is 0.0425 e. The molecular weight excluding hydrogens is 393 g/mol. The number of hydrogen-bond donors (Lipinski definition) is 0. The molecule has 0 bridgehead atoms. The largest absolute Gasteiger partial charge is 0.271 e. The first kappa shape index (κ1) is 30.1. The zero-order valence-electron chi connectivity index (χ0n) is 19.7. The van der Waals surface area contributed by atoms with Gasteiger partial charge in [-0.25, -0.2) is 0 Å². The normalized spacial score (nSPS) is 18.2. The summed E-state index contributed by atoms with van der Waals surface area (Å²) in [7, 11) is -1.35. The molecule has 1 rings (SSSR count). The second-order valence-corrected chi connectivity index (χ2v) is 12.3. The third-order valence-corrected chi connectivity index (χ3v) is 11.2. The van der Waals surface area contributed by atoms with Gasteiger partial charge in [0.15, 0.2) is 0 Å². The molecule has 1 aliphatic carbocycles. The number of hydrogen-bond acceptors (Lipinski definition) is 1. The van der Waals surface area contributed by atoms with Crippen molar-refractivity contribution < 1.29 is 21.7 Å². The van der Waals surface area contributed by atoms with Crippen molar-refractivity contribution in [3.8, 4) is 0 Å². The molecule has 0 radical (unpaired) electrons. The molecule has 1 nitrogen and oxygen atoms in total. The first-order chi connectivity index (χ1) is 12.9. The molecule has 160 valence electrons. The van der Waals surface area contributed by atoms with E-state index in [1.165, 1.54) is 44.2 Å². The minimum Gasteiger partial charge on any atom is -0.271 e. The summed E-state index contributed by atoms with van der Waals surface area (Å²) in [5, 5.41) is 0. The summed E-state index contributed by atoms with van der Waals surface area (Å²) in [6, 6.07) is 0. The Hall–Kier alpha value is -0.0957. The van der Waals surface area contributed by atoms with Gasteiger partial charge < -0.3 is 0 Å². The van der Waals surface area contributed by atoms with Gasteiger partial charge in [0.05, 0.1) is 0 Å². The van der Waals surface area contributed by atoms with Crippen LogP contribution < -0.4 is 0 Å². The summed E-state index contributed by atoms with van der Waals surface area (Å²) in [4.78, 5) is 0. The van der Waals surface area contributed by atoms with Crippen molar-refractivity contribution in [1.82, 2.24) is 0 Å². The van der Waals surface area contributed by atoms with E-state index in [0.29, 0.717) is 0 Å². The second-order valence-electron chi connectivity index (χ2n) is 7.86. The van der Waals surface area contributed by atoms with Crippen LogP contribution in [0.25, 0.3) is 0 Å². The number of rotatable bonds is 11. The van der Waals surface area contributed by atoms with Gasteiger partial charge in [-0.2, -0.15) is 0 Å². The Kier molecular flexibility index (Phi) is 19.1. The fourth-order valence-electron chi connectivity index (χ4n) is 4.34. The summed E-state index contributed by atoms with van der Waals surface area (Å²) >= 11 is 0. The Morgan fingerprint density at radius 2 is 1.46 bits per heavy atom. The van der Waals surface area contributed by atoms with Gasteiger partial charge >= 0.3 is 0 Å². The second kappa shape index (κ2) is 17.7. The van der Waals surface area contributed by atoms with Crippen LogP contribution in [0.1, 0.15) is 93.4 Å². The van der Waals surface area contributed by atoms with Crippen molar-refractivity contribution in [3.63, 3.8) is 0 Å². The Labute approximate surface area is 192 Å². The Morgan fingerprint density at radius 1 is 1.00 bits per heavy atom. The van der Waals surface area contributed by atoms with Gasteiger partial charge in [0.25, 0.3) is 0 Å². The van der Waals surface area contributed by atoms with Gasteiger partial charge in [0, 0.05) is 33.8 Å². The molecule has 0 aliphatic heterocycles. The molecule has 0 N–H and O–H groups in total. The van der Waals surface area contributed by atoms with Crippen molar-refractivity contribution in [3.05, 3.63) is 48.7 Å². The summed E-state index contributed by atoms with van der Waals surface area (Å²) in [5.41, 5.74) is 3.65. The van der Waals surface area contributed by atoms with Crippen molar-refractivity contribution in [2.24, 2.45) is 4.74 Å². The summed E-state index contributed by atoms with van der Waals surface area (Å²) in [6.45, 7) is 19.9. The van der Waals surface area contributed by atoms with Crippen molar-refractivity contribution in [2.75, 3.05) is 0 Å². The average molecular weight is 439 g/mol. The van der Waals surface area contributed by atoms with E-state index in [9.17, 15) is 0 Å². The quantitative estimate of drug-likeness (QED) is 0.173. The van der Waals surface area contributed by atoms with Crippen LogP contribution in [0.2, 0.25) is 0 Å². The van der Waals surface area contributed by atoms with Crippen LogP contribution in [0, 0.1) is 0 Å². The maximum atomic E-state index is 5.57. The minimum absolute atomic E-state index is 0. The number of nitrogens with zero attached hydrogens (tertiary/aromatic N) is 1. The van der Waals surface area contributed by atoms with E-state index in [1.54, 1.807) is 6.08 Å². The third-order valence-electron chi connectivity index (χ3n) is 5.62. The molecule has 0 saturated carbocycles. The minimum atomic E-state index is -1.35. The van der Waals surface area contributed by atoms with Gasteiger partial charge in [-0.15, -0.1) is 0 Å². The number of allylic oxidation sites excluding steroid dienone is 6. The average Bonchev–Trinajstić information content (AvgIpc) is 3.14. The van der Waals surface area contributed by atoms with E-state index in [4.69, 9.17) is 4.74 Å². The topological polar surface area (TPSA) is 12.4 Å². The Balaban J connectivity index is 0. The van der Waals surface area contributed by atoms with Crippen LogP contribution in [-0.2, 0) is 21.7 Å². The predicted molar refractivity (Wildman–Crippen MR) is 129 cm³/mol. The molecule has 3 unspecified atom stereocenters. The molecule has 0 spiro atoms. The fourth-order valence-corrected chi connectivity index (χ4v) is 10.1. The van der Waals surface area contributed by atoms with Crippen molar-refractivity contribution in [2.45, 2.75) is 110 Å². The van der Waals surface area contributed by atoms with Crippen molar-refractivity contribution >= 4 is 7.05 Å². The van der Waals surface area contributed by atoms with Crippen LogP contribution in [-0.4, -0.2) is 17.0 Å². The zero-order chi connectivity index (χ0) is 20.7. The van der Waals surface area contributed by atoms with Gasteiger partial charge in [0.2, 0.25) is 0 Å². The Morgan fingerprint density at radius 3 is 1.71 bits per heavy atom. The van der Waals surface area contributed by atoms with E-state index in [1.807, 2.05) is 19.1 Å². The van der Waals surface area contributed by atoms with Gasteiger partial charge in [0.1, 0.15) is 0 Å². The summed E-state index contributed by atoms with van der Waals surface area (Å²) in [6.07, 6.45) is 21.2. The maximum absolute atomic E-state index is 5.57. The summed E-state index contributed by atoms with van der Waals surface area (Å²) < 4.78 is 5.57.